The van der Waals surface area contributed by atoms with E-state index in [1.54, 1.807) is 7.11 Å². The van der Waals surface area contributed by atoms with Crippen molar-refractivity contribution in [1.29, 1.82) is 0 Å². The quantitative estimate of drug-likeness (QED) is 0.244. The highest BCUT2D eigenvalue weighted by molar-refractivity contribution is 6.93. The summed E-state index contributed by atoms with van der Waals surface area (Å²) >= 11 is 0. The molecule has 1 saturated heterocycles. The minimum atomic E-state index is -2.08. The molecule has 0 aromatic heterocycles. The molecule has 0 amide bonds. The molecule has 3 saturated carbocycles. The molecule has 260 valence electrons. The predicted molar refractivity (Wildman–Crippen MR) is 195 cm³/mol. The molecule has 6 rings (SSSR count). The van der Waals surface area contributed by atoms with Crippen LogP contribution in [0.25, 0.3) is 0 Å². The van der Waals surface area contributed by atoms with Gasteiger partial charge in [0.15, 0.2) is 14.1 Å². The van der Waals surface area contributed by atoms with Crippen LogP contribution in [-0.2, 0) is 25.2 Å². The van der Waals surface area contributed by atoms with Gasteiger partial charge < -0.3 is 28.5 Å². The highest BCUT2D eigenvalue weighted by Crippen LogP contribution is 2.59. The first-order valence-electron chi connectivity index (χ1n) is 17.6. The van der Waals surface area contributed by atoms with E-state index in [0.717, 1.165) is 17.7 Å². The molecule has 8 atom stereocenters. The minimum absolute atomic E-state index is 0.0526. The van der Waals surface area contributed by atoms with Gasteiger partial charge in [0, 0.05) is 6.10 Å². The topological polar surface area (TPSA) is 66.4 Å². The SMILES string of the molecule is COc1ccc(COC[C@@H]2[C@@H]3C[C@@](O)(/C=C/[Si](C)(C)c4ccccc4)[C@@H](C[C@H]3O[Si](C)(C)C(C)(C)C)[C@@H]2[C@H]2OC(C)(C)O[C@@H]2C)cc1. The number of hydrogen-bond acceptors (Lipinski definition) is 6. The Kier molecular flexibility index (Phi) is 10.5. The Hall–Kier alpha value is -1.79. The number of benzene rings is 2. The zero-order valence-corrected chi connectivity index (χ0v) is 32.7. The van der Waals surface area contributed by atoms with Gasteiger partial charge in [0.1, 0.15) is 13.8 Å². The van der Waals surface area contributed by atoms with Gasteiger partial charge in [0.2, 0.25) is 0 Å². The number of ether oxygens (including phenoxy) is 4. The summed E-state index contributed by atoms with van der Waals surface area (Å²) < 4.78 is 32.3. The molecule has 4 aliphatic rings. The third-order valence-corrected chi connectivity index (χ3v) is 19.0. The molecule has 3 aliphatic carbocycles. The van der Waals surface area contributed by atoms with E-state index in [9.17, 15) is 5.11 Å². The lowest BCUT2D eigenvalue weighted by Crippen LogP contribution is -2.65. The number of methoxy groups -OCH3 is 1. The van der Waals surface area contributed by atoms with Crippen LogP contribution in [0.4, 0.5) is 0 Å². The molecule has 2 aromatic carbocycles. The fourth-order valence-corrected chi connectivity index (χ4v) is 11.4. The molecule has 1 aliphatic heterocycles. The zero-order chi connectivity index (χ0) is 34.4. The Balaban J connectivity index is 1.50. The van der Waals surface area contributed by atoms with Crippen molar-refractivity contribution in [3.05, 3.63) is 71.9 Å². The summed E-state index contributed by atoms with van der Waals surface area (Å²) in [5.41, 5.74) is 2.50. The average molecular weight is 681 g/mol. The first kappa shape index (κ1) is 36.5. The van der Waals surface area contributed by atoms with Crippen LogP contribution in [0.1, 0.15) is 59.9 Å². The molecular formula is C39H60O6Si2. The van der Waals surface area contributed by atoms with Crippen molar-refractivity contribution in [2.24, 2.45) is 23.7 Å². The van der Waals surface area contributed by atoms with Crippen molar-refractivity contribution in [1.82, 2.24) is 0 Å². The maximum Gasteiger partial charge on any atom is 0.192 e. The van der Waals surface area contributed by atoms with Crippen LogP contribution >= 0.6 is 0 Å². The largest absolute Gasteiger partial charge is 0.497 e. The van der Waals surface area contributed by atoms with Gasteiger partial charge in [-0.2, -0.15) is 0 Å². The Labute approximate surface area is 286 Å². The standard InChI is InChI=1S/C39H60O6Si2/c1-27-36(44-38(5,6)43-27)35-32(26-42-25-28-17-19-29(41-7)20-18-28)31-24-39(40,21-22-46(8,9)30-15-13-12-14-16-30)33(35)23-34(31)45-47(10,11)37(2,3)4/h12-22,27,31-36,40H,23-26H2,1-11H3/b22-21+/t27-,31+,32-,33+,34-,35-,36+,39+/m1/s1. The lowest BCUT2D eigenvalue weighted by atomic mass is 9.50. The van der Waals surface area contributed by atoms with E-state index in [0.29, 0.717) is 19.6 Å². The maximum absolute atomic E-state index is 12.8. The second-order valence-electron chi connectivity index (χ2n) is 16.9. The predicted octanol–water partition coefficient (Wildman–Crippen LogP) is 7.86. The molecule has 0 spiro atoms. The molecule has 2 aromatic rings. The van der Waals surface area contributed by atoms with Gasteiger partial charge >= 0.3 is 0 Å². The smallest absolute Gasteiger partial charge is 0.192 e. The summed E-state index contributed by atoms with van der Waals surface area (Å²) in [7, 11) is -2.34. The number of rotatable bonds is 11. The van der Waals surface area contributed by atoms with E-state index < -0.39 is 27.8 Å². The Morgan fingerprint density at radius 1 is 0.979 bits per heavy atom. The van der Waals surface area contributed by atoms with E-state index in [1.807, 2.05) is 26.0 Å². The molecule has 1 N–H and O–H groups in total. The number of hydrogen-bond donors (Lipinski definition) is 1. The van der Waals surface area contributed by atoms with Gasteiger partial charge in [0.25, 0.3) is 0 Å². The number of aliphatic hydroxyl groups is 1. The van der Waals surface area contributed by atoms with Crippen molar-refractivity contribution in [2.75, 3.05) is 13.7 Å². The first-order chi connectivity index (χ1) is 21.9. The second kappa shape index (κ2) is 13.5. The normalized spacial score (nSPS) is 32.6. The van der Waals surface area contributed by atoms with Gasteiger partial charge in [-0.15, -0.1) is 0 Å². The Morgan fingerprint density at radius 3 is 2.21 bits per heavy atom. The van der Waals surface area contributed by atoms with E-state index in [-0.39, 0.29) is 47.0 Å². The molecule has 4 fully saturated rings. The molecule has 47 heavy (non-hydrogen) atoms. The molecule has 1 heterocycles. The molecule has 0 radical (unpaired) electrons. The van der Waals surface area contributed by atoms with Gasteiger partial charge in [-0.05, 0) is 93.1 Å². The van der Waals surface area contributed by atoms with Gasteiger partial charge in [-0.1, -0.05) is 93.3 Å². The molecule has 6 nitrogen and oxygen atoms in total. The molecule has 0 unspecified atom stereocenters. The lowest BCUT2D eigenvalue weighted by molar-refractivity contribution is -0.215. The van der Waals surface area contributed by atoms with Crippen molar-refractivity contribution >= 4 is 21.6 Å². The first-order valence-corrected chi connectivity index (χ1v) is 23.6. The monoisotopic (exact) mass is 680 g/mol. The molecule has 8 heteroatoms. The van der Waals surface area contributed by atoms with Crippen LogP contribution in [0.3, 0.4) is 0 Å². The summed E-state index contributed by atoms with van der Waals surface area (Å²) in [6, 6.07) is 18.8. The molecular weight excluding hydrogens is 621 g/mol. The average Bonchev–Trinajstić information content (AvgIpc) is 3.28. The highest BCUT2D eigenvalue weighted by atomic mass is 28.4. The van der Waals surface area contributed by atoms with Crippen LogP contribution in [-0.4, -0.2) is 64.9 Å². The van der Waals surface area contributed by atoms with Crippen LogP contribution < -0.4 is 9.92 Å². The van der Waals surface area contributed by atoms with Gasteiger partial charge in [0.05, 0.1) is 38.1 Å². The van der Waals surface area contributed by atoms with Gasteiger partial charge in [-0.3, -0.25) is 0 Å². The van der Waals surface area contributed by atoms with Gasteiger partial charge in [-0.25, -0.2) is 0 Å². The van der Waals surface area contributed by atoms with Crippen molar-refractivity contribution in [3.63, 3.8) is 0 Å². The van der Waals surface area contributed by atoms with Crippen molar-refractivity contribution in [2.45, 2.75) is 122 Å². The van der Waals surface area contributed by atoms with E-state index >= 15 is 0 Å². The van der Waals surface area contributed by atoms with Crippen LogP contribution in [0, 0.1) is 23.7 Å². The van der Waals surface area contributed by atoms with Crippen LogP contribution in [0.15, 0.2) is 66.4 Å². The minimum Gasteiger partial charge on any atom is -0.497 e. The van der Waals surface area contributed by atoms with Crippen molar-refractivity contribution < 1.29 is 28.5 Å². The summed E-state index contributed by atoms with van der Waals surface area (Å²) in [6.07, 6.45) is 3.45. The summed E-state index contributed by atoms with van der Waals surface area (Å²) in [6.45, 7) is 23.6. The summed E-state index contributed by atoms with van der Waals surface area (Å²) in [5, 5.41) is 14.3. The fraction of sp³-hybridized carbons (Fsp3) is 0.641. The van der Waals surface area contributed by atoms with E-state index in [1.165, 1.54) is 5.19 Å². The van der Waals surface area contributed by atoms with Crippen LogP contribution in [0.2, 0.25) is 31.2 Å². The van der Waals surface area contributed by atoms with Crippen molar-refractivity contribution in [3.8, 4) is 5.75 Å². The second-order valence-corrected chi connectivity index (χ2v) is 26.1. The van der Waals surface area contributed by atoms with E-state index in [4.69, 9.17) is 23.4 Å². The Morgan fingerprint density at radius 2 is 1.64 bits per heavy atom. The van der Waals surface area contributed by atoms with E-state index in [2.05, 4.69) is 108 Å². The number of fused-ring (bicyclic) bond motifs is 3. The summed E-state index contributed by atoms with van der Waals surface area (Å²) in [4.78, 5) is 0. The summed E-state index contributed by atoms with van der Waals surface area (Å²) in [5.74, 6) is 0.424. The lowest BCUT2D eigenvalue weighted by Gasteiger charge is -2.61. The third kappa shape index (κ3) is 7.85. The molecule has 2 bridgehead atoms. The third-order valence-electron chi connectivity index (χ3n) is 11.7. The van der Waals surface area contributed by atoms with Crippen LogP contribution in [0.5, 0.6) is 5.75 Å². The highest BCUT2D eigenvalue weighted by Gasteiger charge is 2.63. The maximum atomic E-state index is 12.8. The Bertz CT molecular complexity index is 1370. The zero-order valence-electron chi connectivity index (χ0n) is 30.7. The fourth-order valence-electron chi connectivity index (χ4n) is 8.09.